The molecule has 2 unspecified atom stereocenters. The summed E-state index contributed by atoms with van der Waals surface area (Å²) in [6.07, 6.45) is 3.41. The summed E-state index contributed by atoms with van der Waals surface area (Å²) in [5.41, 5.74) is 1.58. The Morgan fingerprint density at radius 2 is 2.18 bits per heavy atom. The molecule has 1 heterocycles. The number of ether oxygens (including phenoxy) is 2. The molecule has 2 aliphatic rings. The molecule has 1 aliphatic heterocycles. The van der Waals surface area contributed by atoms with Gasteiger partial charge in [0, 0.05) is 12.8 Å². The maximum Gasteiger partial charge on any atom is 0.305 e. The van der Waals surface area contributed by atoms with Crippen LogP contribution in [0.5, 0.6) is 0 Å². The van der Waals surface area contributed by atoms with E-state index in [9.17, 15) is 15.0 Å². The fraction of sp³-hybridized carbons (Fsp3) is 0.583. The van der Waals surface area contributed by atoms with Crippen LogP contribution in [0.25, 0.3) is 0 Å². The number of aliphatic hydroxyl groups excluding tert-OH is 2. The van der Waals surface area contributed by atoms with Crippen molar-refractivity contribution in [3.05, 3.63) is 23.5 Å². The number of carbonyl (C=O) groups excluding carboxylic acids is 1. The first kappa shape index (κ1) is 12.1. The first-order valence-electron chi connectivity index (χ1n) is 5.59. The van der Waals surface area contributed by atoms with Crippen LogP contribution < -0.4 is 0 Å². The molecule has 0 saturated carbocycles. The Labute approximate surface area is 99.3 Å². The number of rotatable bonds is 3. The second-order valence-corrected chi connectivity index (χ2v) is 4.27. The molecule has 0 fully saturated rings. The van der Waals surface area contributed by atoms with Gasteiger partial charge in [0.1, 0.15) is 0 Å². The van der Waals surface area contributed by atoms with Crippen LogP contribution in [0, 0.1) is 11.8 Å². The van der Waals surface area contributed by atoms with Crippen LogP contribution in [0.4, 0.5) is 0 Å². The van der Waals surface area contributed by atoms with Crippen LogP contribution in [0.2, 0.25) is 0 Å². The van der Waals surface area contributed by atoms with Crippen LogP contribution in [-0.4, -0.2) is 35.7 Å². The van der Waals surface area contributed by atoms with Crippen molar-refractivity contribution in [3.63, 3.8) is 0 Å². The van der Waals surface area contributed by atoms with Gasteiger partial charge in [-0.3, -0.25) is 4.79 Å². The molecule has 0 bridgehead atoms. The maximum atomic E-state index is 11.0. The molecule has 3 atom stereocenters. The average molecular weight is 240 g/mol. The van der Waals surface area contributed by atoms with Crippen molar-refractivity contribution in [1.29, 1.82) is 0 Å². The molecular formula is C12H16O5. The lowest BCUT2D eigenvalue weighted by atomic mass is 9.84. The van der Waals surface area contributed by atoms with Crippen LogP contribution >= 0.6 is 0 Å². The molecule has 5 nitrogen and oxygen atoms in total. The maximum absolute atomic E-state index is 11.0. The Hall–Kier alpha value is -1.33. The lowest BCUT2D eigenvalue weighted by Crippen LogP contribution is -2.37. The van der Waals surface area contributed by atoms with E-state index in [1.54, 1.807) is 0 Å². The first-order valence-corrected chi connectivity index (χ1v) is 5.59. The molecular weight excluding hydrogens is 224 g/mol. The molecule has 94 valence electrons. The molecule has 0 saturated heterocycles. The summed E-state index contributed by atoms with van der Waals surface area (Å²) in [7, 11) is 0. The molecule has 2 N–H and O–H groups in total. The number of fused-ring (bicyclic) bond motifs is 1. The van der Waals surface area contributed by atoms with Gasteiger partial charge < -0.3 is 19.7 Å². The van der Waals surface area contributed by atoms with E-state index < -0.39 is 12.3 Å². The number of allylic oxidation sites excluding steroid dienone is 1. The highest BCUT2D eigenvalue weighted by Gasteiger charge is 2.42. The minimum Gasteiger partial charge on any atom is -0.462 e. The largest absolute Gasteiger partial charge is 0.462 e. The van der Waals surface area contributed by atoms with E-state index in [0.717, 1.165) is 17.6 Å². The standard InChI is InChI=1S/C12H16O5/c1-7(15)17-12-11-8(4-13)2-3-10(11)9(5-14)6-16-12/h2,6,10-14H,3-5H2,1H3/t10?,11-,12?/m1/s1. The fourth-order valence-corrected chi connectivity index (χ4v) is 2.48. The minimum absolute atomic E-state index is 0.0558. The van der Waals surface area contributed by atoms with Crippen LogP contribution in [0.15, 0.2) is 23.5 Å². The molecule has 0 radical (unpaired) electrons. The quantitative estimate of drug-likeness (QED) is 0.549. The van der Waals surface area contributed by atoms with Crippen LogP contribution in [0.1, 0.15) is 13.3 Å². The molecule has 5 heteroatoms. The van der Waals surface area contributed by atoms with Gasteiger partial charge in [-0.05, 0) is 17.6 Å². The van der Waals surface area contributed by atoms with Gasteiger partial charge >= 0.3 is 5.97 Å². The fourth-order valence-electron chi connectivity index (χ4n) is 2.48. The Morgan fingerprint density at radius 1 is 1.47 bits per heavy atom. The van der Waals surface area contributed by atoms with E-state index in [-0.39, 0.29) is 25.0 Å². The van der Waals surface area contributed by atoms with E-state index in [2.05, 4.69) is 0 Å². The number of esters is 1. The zero-order valence-electron chi connectivity index (χ0n) is 9.63. The normalized spacial score (nSPS) is 31.1. The molecule has 17 heavy (non-hydrogen) atoms. The van der Waals surface area contributed by atoms with Gasteiger partial charge in [0.25, 0.3) is 0 Å². The van der Waals surface area contributed by atoms with Gasteiger partial charge in [-0.25, -0.2) is 0 Å². The van der Waals surface area contributed by atoms with Gasteiger partial charge in [-0.2, -0.15) is 0 Å². The Morgan fingerprint density at radius 3 is 2.76 bits per heavy atom. The third kappa shape index (κ3) is 2.21. The number of aliphatic hydroxyl groups is 2. The van der Waals surface area contributed by atoms with Gasteiger partial charge in [-0.15, -0.1) is 0 Å². The van der Waals surface area contributed by atoms with E-state index in [1.165, 1.54) is 13.2 Å². The van der Waals surface area contributed by atoms with Gasteiger partial charge in [0.05, 0.1) is 25.4 Å². The van der Waals surface area contributed by atoms with Gasteiger partial charge in [-0.1, -0.05) is 6.08 Å². The SMILES string of the molecule is CC(=O)OC1OC=C(CO)C2CC=C(CO)[C@@H]12. The predicted molar refractivity (Wildman–Crippen MR) is 58.6 cm³/mol. The molecule has 0 aromatic rings. The van der Waals surface area contributed by atoms with E-state index in [0.29, 0.717) is 0 Å². The third-order valence-corrected chi connectivity index (χ3v) is 3.27. The van der Waals surface area contributed by atoms with Crippen molar-refractivity contribution < 1.29 is 24.5 Å². The van der Waals surface area contributed by atoms with Crippen molar-refractivity contribution in [2.75, 3.05) is 13.2 Å². The van der Waals surface area contributed by atoms with Crippen molar-refractivity contribution >= 4 is 5.97 Å². The van der Waals surface area contributed by atoms with E-state index in [4.69, 9.17) is 9.47 Å². The highest BCUT2D eigenvalue weighted by molar-refractivity contribution is 5.66. The lowest BCUT2D eigenvalue weighted by molar-refractivity contribution is -0.179. The van der Waals surface area contributed by atoms with Gasteiger partial charge in [0.2, 0.25) is 6.29 Å². The second-order valence-electron chi connectivity index (χ2n) is 4.27. The smallest absolute Gasteiger partial charge is 0.305 e. The lowest BCUT2D eigenvalue weighted by Gasteiger charge is -2.34. The molecule has 2 rings (SSSR count). The van der Waals surface area contributed by atoms with Crippen molar-refractivity contribution in [3.8, 4) is 0 Å². The number of hydrogen-bond donors (Lipinski definition) is 2. The molecule has 0 amide bonds. The summed E-state index contributed by atoms with van der Waals surface area (Å²) in [6, 6.07) is 0. The average Bonchev–Trinajstić information content (AvgIpc) is 2.73. The number of carbonyl (C=O) groups is 1. The summed E-state index contributed by atoms with van der Waals surface area (Å²) in [6.45, 7) is 1.16. The summed E-state index contributed by atoms with van der Waals surface area (Å²) < 4.78 is 10.4. The predicted octanol–water partition coefficient (Wildman–Crippen LogP) is 0.337. The molecule has 1 aliphatic carbocycles. The topological polar surface area (TPSA) is 76.0 Å². The molecule has 0 spiro atoms. The van der Waals surface area contributed by atoms with E-state index >= 15 is 0 Å². The zero-order valence-corrected chi connectivity index (χ0v) is 9.63. The minimum atomic E-state index is -0.700. The zero-order chi connectivity index (χ0) is 12.4. The molecule has 0 aromatic heterocycles. The first-order chi connectivity index (χ1) is 8.17. The van der Waals surface area contributed by atoms with Crippen LogP contribution in [-0.2, 0) is 14.3 Å². The Bertz CT molecular complexity index is 371. The monoisotopic (exact) mass is 240 g/mol. The summed E-state index contributed by atoms with van der Waals surface area (Å²) in [4.78, 5) is 11.0. The van der Waals surface area contributed by atoms with E-state index in [1.807, 2.05) is 6.08 Å². The highest BCUT2D eigenvalue weighted by Crippen LogP contribution is 2.42. The summed E-state index contributed by atoms with van der Waals surface area (Å²) >= 11 is 0. The highest BCUT2D eigenvalue weighted by atomic mass is 16.7. The van der Waals surface area contributed by atoms with Crippen molar-refractivity contribution in [1.82, 2.24) is 0 Å². The Balaban J connectivity index is 2.22. The van der Waals surface area contributed by atoms with Gasteiger partial charge in [0.15, 0.2) is 0 Å². The van der Waals surface area contributed by atoms with Crippen molar-refractivity contribution in [2.45, 2.75) is 19.6 Å². The van der Waals surface area contributed by atoms with Crippen molar-refractivity contribution in [2.24, 2.45) is 11.8 Å². The Kier molecular flexibility index (Phi) is 3.49. The summed E-state index contributed by atoms with van der Waals surface area (Å²) in [5.74, 6) is -0.546. The summed E-state index contributed by atoms with van der Waals surface area (Å²) in [5, 5.41) is 18.5. The number of hydrogen-bond acceptors (Lipinski definition) is 5. The molecule has 0 aromatic carbocycles. The van der Waals surface area contributed by atoms with Crippen LogP contribution in [0.3, 0.4) is 0 Å². The second kappa shape index (κ2) is 4.89. The third-order valence-electron chi connectivity index (χ3n) is 3.27.